The van der Waals surface area contributed by atoms with Gasteiger partial charge >= 0.3 is 11.9 Å². The number of hydrogen-bond donors (Lipinski definition) is 6. The van der Waals surface area contributed by atoms with Crippen molar-refractivity contribution >= 4 is 35.6 Å². The summed E-state index contributed by atoms with van der Waals surface area (Å²) in [6.45, 7) is 7.62. The summed E-state index contributed by atoms with van der Waals surface area (Å²) in [6, 6.07) is -1.87. The molecule has 2 aromatic heterocycles. The van der Waals surface area contributed by atoms with Crippen molar-refractivity contribution < 1.29 is 38.2 Å². The molecule has 0 aliphatic rings. The van der Waals surface area contributed by atoms with Gasteiger partial charge in [-0.3, -0.25) is 19.2 Å². The van der Waals surface area contributed by atoms with Gasteiger partial charge in [-0.05, 0) is 33.1 Å². The second kappa shape index (κ2) is 17.9. The third kappa shape index (κ3) is 10.9. The molecule has 2 aromatic rings. The van der Waals surface area contributed by atoms with Crippen molar-refractivity contribution in [1.29, 1.82) is 0 Å². The summed E-state index contributed by atoms with van der Waals surface area (Å²) in [5.41, 5.74) is -0.561. The van der Waals surface area contributed by atoms with Crippen molar-refractivity contribution in [3.63, 3.8) is 0 Å². The van der Waals surface area contributed by atoms with Crippen molar-refractivity contribution in [2.45, 2.75) is 71.9 Å². The Bertz CT molecular complexity index is 1160. The molecule has 6 N–H and O–H groups in total. The maximum atomic E-state index is 12.6. The SMILES string of the molecule is CCCCOC(=O)[C@H](C)NC(=O)c1nc[nH]c1C(=O)NCCCNC(=O)c1[nH]cnc1C(=O)N[C@@H](C)C(=O)OCCCC. The quantitative estimate of drug-likeness (QED) is 0.103. The lowest BCUT2D eigenvalue weighted by molar-refractivity contribution is -0.146. The minimum absolute atomic E-state index is 0.0929. The summed E-state index contributed by atoms with van der Waals surface area (Å²) in [7, 11) is 0. The minimum Gasteiger partial charge on any atom is -0.464 e. The maximum Gasteiger partial charge on any atom is 0.328 e. The van der Waals surface area contributed by atoms with E-state index in [0.717, 1.165) is 12.8 Å². The molecule has 2 heterocycles. The van der Waals surface area contributed by atoms with Crippen LogP contribution in [0.15, 0.2) is 12.7 Å². The summed E-state index contributed by atoms with van der Waals surface area (Å²) in [4.78, 5) is 87.4. The van der Waals surface area contributed by atoms with E-state index in [9.17, 15) is 28.8 Å². The first kappa shape index (κ1) is 34.4. The van der Waals surface area contributed by atoms with Crippen LogP contribution in [0, 0.1) is 0 Å². The monoisotopic (exact) mass is 604 g/mol. The van der Waals surface area contributed by atoms with E-state index in [4.69, 9.17) is 9.47 Å². The number of hydrogen-bond acceptors (Lipinski definition) is 10. The molecule has 16 nitrogen and oxygen atoms in total. The number of amides is 4. The van der Waals surface area contributed by atoms with E-state index in [2.05, 4.69) is 41.2 Å². The molecule has 0 fully saturated rings. The van der Waals surface area contributed by atoms with E-state index in [1.54, 1.807) is 0 Å². The first-order chi connectivity index (χ1) is 20.6. The van der Waals surface area contributed by atoms with Crippen LogP contribution in [0.25, 0.3) is 0 Å². The smallest absolute Gasteiger partial charge is 0.328 e. The van der Waals surface area contributed by atoms with Gasteiger partial charge < -0.3 is 40.7 Å². The number of rotatable bonds is 18. The maximum absolute atomic E-state index is 12.6. The predicted octanol–water partition coefficient (Wildman–Crippen LogP) is 0.606. The fourth-order valence-corrected chi connectivity index (χ4v) is 3.48. The number of carbonyl (C=O) groups is 6. The van der Waals surface area contributed by atoms with E-state index in [1.807, 2.05) is 13.8 Å². The number of aromatic nitrogens is 4. The number of nitrogens with one attached hydrogen (secondary N) is 6. The molecule has 0 radical (unpaired) electrons. The van der Waals surface area contributed by atoms with Crippen molar-refractivity contribution in [3.05, 3.63) is 35.4 Å². The van der Waals surface area contributed by atoms with Crippen molar-refractivity contribution in [3.8, 4) is 0 Å². The van der Waals surface area contributed by atoms with Gasteiger partial charge in [-0.2, -0.15) is 0 Å². The van der Waals surface area contributed by atoms with Gasteiger partial charge in [-0.15, -0.1) is 0 Å². The highest BCUT2D eigenvalue weighted by atomic mass is 16.5. The first-order valence-corrected chi connectivity index (χ1v) is 14.2. The molecule has 0 aliphatic carbocycles. The number of esters is 2. The Hall–Kier alpha value is -4.76. The molecule has 0 aliphatic heterocycles. The van der Waals surface area contributed by atoms with Crippen LogP contribution < -0.4 is 21.3 Å². The predicted molar refractivity (Wildman–Crippen MR) is 152 cm³/mol. The van der Waals surface area contributed by atoms with Gasteiger partial charge in [0.05, 0.1) is 25.9 Å². The number of aromatic amines is 2. The zero-order valence-corrected chi connectivity index (χ0v) is 24.8. The molecular formula is C27H40N8O8. The number of H-pyrrole nitrogens is 2. The van der Waals surface area contributed by atoms with E-state index in [0.29, 0.717) is 19.3 Å². The largest absolute Gasteiger partial charge is 0.464 e. The molecule has 0 bridgehead atoms. The van der Waals surface area contributed by atoms with Gasteiger partial charge in [0, 0.05) is 13.1 Å². The average molecular weight is 605 g/mol. The van der Waals surface area contributed by atoms with Gasteiger partial charge in [0.15, 0.2) is 11.4 Å². The number of imidazole rings is 2. The number of ether oxygens (including phenoxy) is 2. The average Bonchev–Trinajstić information content (AvgIpc) is 3.67. The van der Waals surface area contributed by atoms with Gasteiger partial charge in [0.2, 0.25) is 0 Å². The second-order valence-electron chi connectivity index (χ2n) is 9.55. The zero-order chi connectivity index (χ0) is 31.8. The van der Waals surface area contributed by atoms with Crippen LogP contribution in [0.2, 0.25) is 0 Å². The van der Waals surface area contributed by atoms with Gasteiger partial charge in [-0.1, -0.05) is 26.7 Å². The summed E-state index contributed by atoms with van der Waals surface area (Å²) in [6.07, 6.45) is 5.80. The number of unbranched alkanes of at least 4 members (excludes halogenated alkanes) is 2. The van der Waals surface area contributed by atoms with Crippen LogP contribution in [0.4, 0.5) is 0 Å². The molecule has 4 amide bonds. The molecule has 0 spiro atoms. The number of carbonyl (C=O) groups excluding carboxylic acids is 6. The highest BCUT2D eigenvalue weighted by Crippen LogP contribution is 2.06. The molecule has 236 valence electrons. The third-order valence-corrected chi connectivity index (χ3v) is 5.97. The molecule has 2 atom stereocenters. The molecule has 0 aromatic carbocycles. The number of nitrogens with zero attached hydrogens (tertiary/aromatic N) is 2. The summed E-state index contributed by atoms with van der Waals surface area (Å²) in [5, 5.41) is 10.2. The normalized spacial score (nSPS) is 12.0. The summed E-state index contributed by atoms with van der Waals surface area (Å²) >= 11 is 0. The topological polar surface area (TPSA) is 226 Å². The molecule has 16 heteroatoms. The lowest BCUT2D eigenvalue weighted by Gasteiger charge is -2.13. The fourth-order valence-electron chi connectivity index (χ4n) is 3.48. The molecule has 2 rings (SSSR count). The van der Waals surface area contributed by atoms with E-state index >= 15 is 0 Å². The van der Waals surface area contributed by atoms with E-state index < -0.39 is 47.7 Å². The van der Waals surface area contributed by atoms with Crippen molar-refractivity contribution in [1.82, 2.24) is 41.2 Å². The summed E-state index contributed by atoms with van der Waals surface area (Å²) < 4.78 is 10.2. The van der Waals surface area contributed by atoms with Gasteiger partial charge in [0.25, 0.3) is 23.6 Å². The molecule has 0 saturated carbocycles. The zero-order valence-electron chi connectivity index (χ0n) is 24.8. The van der Waals surface area contributed by atoms with Crippen LogP contribution in [0.3, 0.4) is 0 Å². The fraction of sp³-hybridized carbons (Fsp3) is 0.556. The van der Waals surface area contributed by atoms with Crippen LogP contribution in [0.1, 0.15) is 102 Å². The molecule has 0 saturated heterocycles. The van der Waals surface area contributed by atoms with Crippen LogP contribution in [-0.2, 0) is 19.1 Å². The lowest BCUT2D eigenvalue weighted by atomic mass is 10.2. The molecule has 0 unspecified atom stereocenters. The first-order valence-electron chi connectivity index (χ1n) is 14.2. The third-order valence-electron chi connectivity index (χ3n) is 5.97. The molecular weight excluding hydrogens is 564 g/mol. The highest BCUT2D eigenvalue weighted by Gasteiger charge is 2.25. The van der Waals surface area contributed by atoms with E-state index in [1.165, 1.54) is 26.5 Å². The summed E-state index contributed by atoms with van der Waals surface area (Å²) in [5.74, 6) is -3.85. The Morgan fingerprint density at radius 1 is 0.674 bits per heavy atom. The Morgan fingerprint density at radius 2 is 1.07 bits per heavy atom. The van der Waals surface area contributed by atoms with Crippen molar-refractivity contribution in [2.24, 2.45) is 0 Å². The van der Waals surface area contributed by atoms with Crippen LogP contribution in [-0.4, -0.2) is 93.9 Å². The Labute approximate surface area is 248 Å². The van der Waals surface area contributed by atoms with Crippen LogP contribution in [0.5, 0.6) is 0 Å². The molecule has 43 heavy (non-hydrogen) atoms. The van der Waals surface area contributed by atoms with Crippen molar-refractivity contribution in [2.75, 3.05) is 26.3 Å². The lowest BCUT2D eigenvalue weighted by Crippen LogP contribution is -2.41. The standard InChI is InChI=1S/C27H40N8O8/c1-5-7-12-42-26(40)16(3)34-24(38)20-18(30-14-32-20)22(36)28-10-9-11-29-23(37)19-21(33-15-31-19)25(39)35-17(4)27(41)43-13-8-6-2/h14-17H,5-13H2,1-4H3,(H,28,36)(H,29,37)(H,30,32)(H,31,33)(H,34,38)(H,35,39)/t16-,17-/m0/s1. The van der Waals surface area contributed by atoms with E-state index in [-0.39, 0.29) is 49.1 Å². The van der Waals surface area contributed by atoms with Gasteiger partial charge in [-0.25, -0.2) is 19.6 Å². The second-order valence-corrected chi connectivity index (χ2v) is 9.55. The highest BCUT2D eigenvalue weighted by molar-refractivity contribution is 6.06. The Kier molecular flexibility index (Phi) is 14.4. The van der Waals surface area contributed by atoms with Gasteiger partial charge in [0.1, 0.15) is 23.5 Å². The Balaban J connectivity index is 1.79. The minimum atomic E-state index is -0.933. The Morgan fingerprint density at radius 3 is 1.44 bits per heavy atom. The van der Waals surface area contributed by atoms with Crippen LogP contribution >= 0.6 is 0 Å².